The van der Waals surface area contributed by atoms with Gasteiger partial charge in [-0.3, -0.25) is 14.4 Å². The van der Waals surface area contributed by atoms with Crippen molar-refractivity contribution >= 4 is 5.91 Å². The van der Waals surface area contributed by atoms with Gasteiger partial charge in [-0.1, -0.05) is 0 Å². The third kappa shape index (κ3) is 4.12. The molecule has 1 aliphatic heterocycles. The van der Waals surface area contributed by atoms with Gasteiger partial charge in [0.05, 0.1) is 0 Å². The summed E-state index contributed by atoms with van der Waals surface area (Å²) < 4.78 is 1.84. The van der Waals surface area contributed by atoms with Crippen molar-refractivity contribution in [2.45, 2.75) is 58.2 Å². The van der Waals surface area contributed by atoms with E-state index in [2.05, 4.69) is 48.3 Å². The molecule has 6 nitrogen and oxygen atoms in total. The van der Waals surface area contributed by atoms with Gasteiger partial charge in [0.15, 0.2) is 0 Å². The summed E-state index contributed by atoms with van der Waals surface area (Å²) in [5.74, 6) is 0.0927. The molecule has 6 heteroatoms. The monoisotopic (exact) mass is 321 g/mol. The predicted octanol–water partition coefficient (Wildman–Crippen LogP) is 1.20. The van der Waals surface area contributed by atoms with Crippen LogP contribution < -0.4 is 10.6 Å². The summed E-state index contributed by atoms with van der Waals surface area (Å²) in [6, 6.07) is 2.84. The minimum absolute atomic E-state index is 0.0927. The molecule has 2 heterocycles. The summed E-state index contributed by atoms with van der Waals surface area (Å²) in [5, 5.41) is 10.8. The Bertz CT molecular complexity index is 469. The maximum atomic E-state index is 12.9. The summed E-state index contributed by atoms with van der Waals surface area (Å²) in [4.78, 5) is 15.3. The molecule has 1 saturated heterocycles. The molecule has 0 spiro atoms. The van der Waals surface area contributed by atoms with E-state index in [4.69, 9.17) is 0 Å². The van der Waals surface area contributed by atoms with Crippen molar-refractivity contribution in [2.24, 2.45) is 0 Å². The molecule has 0 aromatic carbocycles. The molecule has 1 fully saturated rings. The fourth-order valence-corrected chi connectivity index (χ4v) is 3.50. The van der Waals surface area contributed by atoms with Crippen molar-refractivity contribution in [1.29, 1.82) is 0 Å². The topological polar surface area (TPSA) is 62.2 Å². The molecule has 130 valence electrons. The third-order valence-electron chi connectivity index (χ3n) is 4.78. The van der Waals surface area contributed by atoms with Gasteiger partial charge in [-0.05, 0) is 59.7 Å². The van der Waals surface area contributed by atoms with Gasteiger partial charge < -0.3 is 10.6 Å². The van der Waals surface area contributed by atoms with E-state index >= 15 is 0 Å². The minimum atomic E-state index is -0.546. The number of hydrogen-bond acceptors (Lipinski definition) is 4. The fourth-order valence-electron chi connectivity index (χ4n) is 3.50. The lowest BCUT2D eigenvalue weighted by Gasteiger charge is -2.37. The van der Waals surface area contributed by atoms with E-state index in [9.17, 15) is 4.79 Å². The smallest absolute Gasteiger partial charge is 0.248 e. The van der Waals surface area contributed by atoms with E-state index in [-0.39, 0.29) is 5.91 Å². The number of aromatic nitrogens is 2. The third-order valence-corrected chi connectivity index (χ3v) is 4.78. The Morgan fingerprint density at radius 2 is 1.96 bits per heavy atom. The zero-order chi connectivity index (χ0) is 16.9. The Labute approximate surface area is 139 Å². The van der Waals surface area contributed by atoms with Gasteiger partial charge in [0.25, 0.3) is 0 Å². The van der Waals surface area contributed by atoms with Gasteiger partial charge in [-0.2, -0.15) is 5.10 Å². The SMILES string of the molecule is CC(C)N(CCNC(=O)C1(n2cccn2)CCNCC1)C(C)C. The van der Waals surface area contributed by atoms with Gasteiger partial charge in [0, 0.05) is 37.6 Å². The van der Waals surface area contributed by atoms with E-state index in [0.29, 0.717) is 18.6 Å². The van der Waals surface area contributed by atoms with E-state index in [1.807, 2.05) is 16.9 Å². The molecule has 0 aliphatic carbocycles. The Kier molecular flexibility index (Phi) is 6.18. The van der Waals surface area contributed by atoms with Crippen LogP contribution in [-0.4, -0.2) is 58.9 Å². The number of hydrogen-bond donors (Lipinski definition) is 2. The molecule has 1 aromatic heterocycles. The highest BCUT2D eigenvalue weighted by molar-refractivity contribution is 5.84. The van der Waals surface area contributed by atoms with Gasteiger partial charge >= 0.3 is 0 Å². The number of nitrogens with zero attached hydrogens (tertiary/aromatic N) is 3. The van der Waals surface area contributed by atoms with Crippen LogP contribution in [0.4, 0.5) is 0 Å². The minimum Gasteiger partial charge on any atom is -0.353 e. The van der Waals surface area contributed by atoms with Gasteiger partial charge in [-0.25, -0.2) is 0 Å². The molecular weight excluding hydrogens is 290 g/mol. The molecule has 2 N–H and O–H groups in total. The van der Waals surface area contributed by atoms with Gasteiger partial charge in [-0.15, -0.1) is 0 Å². The molecule has 1 aromatic rings. The van der Waals surface area contributed by atoms with E-state index in [0.717, 1.165) is 32.5 Å². The largest absolute Gasteiger partial charge is 0.353 e. The van der Waals surface area contributed by atoms with Crippen molar-refractivity contribution in [3.8, 4) is 0 Å². The normalized spacial score (nSPS) is 17.9. The molecule has 1 aliphatic rings. The second-order valence-electron chi connectivity index (χ2n) is 6.91. The van der Waals surface area contributed by atoms with Crippen LogP contribution in [0.15, 0.2) is 18.5 Å². The first kappa shape index (κ1) is 17.9. The Balaban J connectivity index is 1.99. The average Bonchev–Trinajstić information content (AvgIpc) is 3.06. The summed E-state index contributed by atoms with van der Waals surface area (Å²) >= 11 is 0. The molecule has 0 radical (unpaired) electrons. The van der Waals surface area contributed by atoms with Crippen LogP contribution >= 0.6 is 0 Å². The number of piperidine rings is 1. The van der Waals surface area contributed by atoms with Gasteiger partial charge in [0.1, 0.15) is 5.54 Å². The first-order valence-electron chi connectivity index (χ1n) is 8.72. The van der Waals surface area contributed by atoms with E-state index in [1.54, 1.807) is 6.20 Å². The number of nitrogens with one attached hydrogen (secondary N) is 2. The fraction of sp³-hybridized carbons (Fsp3) is 0.765. The van der Waals surface area contributed by atoms with Crippen molar-refractivity contribution < 1.29 is 4.79 Å². The molecule has 0 atom stereocenters. The molecule has 0 bridgehead atoms. The Hall–Kier alpha value is -1.40. The van der Waals surface area contributed by atoms with Crippen LogP contribution in [0.3, 0.4) is 0 Å². The summed E-state index contributed by atoms with van der Waals surface area (Å²) in [6.07, 6.45) is 5.20. The Morgan fingerprint density at radius 1 is 1.30 bits per heavy atom. The predicted molar refractivity (Wildman–Crippen MR) is 92.3 cm³/mol. The van der Waals surface area contributed by atoms with Crippen molar-refractivity contribution in [1.82, 2.24) is 25.3 Å². The van der Waals surface area contributed by atoms with E-state index in [1.165, 1.54) is 0 Å². The lowest BCUT2D eigenvalue weighted by Crippen LogP contribution is -2.55. The second kappa shape index (κ2) is 7.93. The molecular formula is C17H31N5O. The van der Waals surface area contributed by atoms with Crippen LogP contribution in [-0.2, 0) is 10.3 Å². The van der Waals surface area contributed by atoms with Crippen molar-refractivity contribution in [3.63, 3.8) is 0 Å². The summed E-state index contributed by atoms with van der Waals surface area (Å²) in [6.45, 7) is 12.0. The van der Waals surface area contributed by atoms with E-state index < -0.39 is 5.54 Å². The summed E-state index contributed by atoms with van der Waals surface area (Å²) in [7, 11) is 0. The molecule has 1 amide bonds. The first-order chi connectivity index (χ1) is 11.0. The lowest BCUT2D eigenvalue weighted by atomic mass is 9.87. The quantitative estimate of drug-likeness (QED) is 0.792. The summed E-state index contributed by atoms with van der Waals surface area (Å²) in [5.41, 5.74) is -0.546. The first-order valence-corrected chi connectivity index (χ1v) is 8.72. The van der Waals surface area contributed by atoms with Crippen LogP contribution in [0.25, 0.3) is 0 Å². The van der Waals surface area contributed by atoms with Crippen LogP contribution in [0.5, 0.6) is 0 Å². The number of amides is 1. The lowest BCUT2D eigenvalue weighted by molar-refractivity contribution is -0.132. The molecule has 2 rings (SSSR count). The number of carbonyl (C=O) groups excluding carboxylic acids is 1. The highest BCUT2D eigenvalue weighted by Gasteiger charge is 2.41. The molecule has 23 heavy (non-hydrogen) atoms. The van der Waals surface area contributed by atoms with Crippen LogP contribution in [0.2, 0.25) is 0 Å². The molecule has 0 saturated carbocycles. The number of rotatable bonds is 7. The van der Waals surface area contributed by atoms with Crippen LogP contribution in [0, 0.1) is 0 Å². The van der Waals surface area contributed by atoms with Gasteiger partial charge in [0.2, 0.25) is 5.91 Å². The highest BCUT2D eigenvalue weighted by atomic mass is 16.2. The second-order valence-corrected chi connectivity index (χ2v) is 6.91. The maximum absolute atomic E-state index is 12.9. The van der Waals surface area contributed by atoms with Crippen molar-refractivity contribution in [3.05, 3.63) is 18.5 Å². The zero-order valence-corrected chi connectivity index (χ0v) is 14.9. The zero-order valence-electron chi connectivity index (χ0n) is 14.9. The maximum Gasteiger partial charge on any atom is 0.248 e. The number of carbonyl (C=O) groups is 1. The van der Waals surface area contributed by atoms with Crippen molar-refractivity contribution in [2.75, 3.05) is 26.2 Å². The molecule has 0 unspecified atom stereocenters. The standard InChI is InChI=1S/C17H31N5O/c1-14(2)21(15(3)4)13-11-19-16(23)17(6-9-18-10-7-17)22-12-5-8-20-22/h5,8,12,14-15,18H,6-7,9-11,13H2,1-4H3,(H,19,23). The van der Waals surface area contributed by atoms with Crippen LogP contribution in [0.1, 0.15) is 40.5 Å². The highest BCUT2D eigenvalue weighted by Crippen LogP contribution is 2.27. The Morgan fingerprint density at radius 3 is 2.48 bits per heavy atom. The average molecular weight is 321 g/mol.